The zero-order chi connectivity index (χ0) is 17.2. The van der Waals surface area contributed by atoms with Crippen LogP contribution in [0, 0.1) is 13.8 Å². The van der Waals surface area contributed by atoms with Crippen LogP contribution in [0.25, 0.3) is 0 Å². The molecule has 0 unspecified atom stereocenters. The van der Waals surface area contributed by atoms with Gasteiger partial charge in [0.2, 0.25) is 0 Å². The van der Waals surface area contributed by atoms with E-state index in [1.165, 1.54) is 12.6 Å². The number of piperidine rings is 1. The van der Waals surface area contributed by atoms with Gasteiger partial charge in [0.15, 0.2) is 11.6 Å². The Morgan fingerprint density at radius 2 is 2.29 bits per heavy atom. The Labute approximate surface area is 139 Å². The molecule has 1 saturated heterocycles. The maximum absolute atomic E-state index is 12.1. The minimum absolute atomic E-state index is 0.151. The summed E-state index contributed by atoms with van der Waals surface area (Å²) in [5, 5.41) is 13.6. The van der Waals surface area contributed by atoms with E-state index in [1.807, 2.05) is 17.9 Å². The number of aromatic nitrogens is 3. The van der Waals surface area contributed by atoms with E-state index in [9.17, 15) is 9.90 Å². The summed E-state index contributed by atoms with van der Waals surface area (Å²) in [6.45, 7) is 4.95. The molecule has 1 amide bonds. The molecule has 3 heterocycles. The highest BCUT2D eigenvalue weighted by molar-refractivity contribution is 5.91. The summed E-state index contributed by atoms with van der Waals surface area (Å²) in [7, 11) is 0. The molecule has 8 heteroatoms. The van der Waals surface area contributed by atoms with Crippen molar-refractivity contribution in [3.05, 3.63) is 35.9 Å². The minimum Gasteiger partial charge on any atom is -0.448 e. The lowest BCUT2D eigenvalue weighted by Gasteiger charge is -2.39. The molecule has 1 aliphatic heterocycles. The maximum atomic E-state index is 12.1. The number of oxazole rings is 1. The Balaban J connectivity index is 1.63. The Bertz CT molecular complexity index is 732. The molecule has 8 nitrogen and oxygen atoms in total. The van der Waals surface area contributed by atoms with Crippen molar-refractivity contribution in [2.45, 2.75) is 32.3 Å². The van der Waals surface area contributed by atoms with Gasteiger partial charge in [0.1, 0.15) is 18.4 Å². The van der Waals surface area contributed by atoms with E-state index >= 15 is 0 Å². The Morgan fingerprint density at radius 3 is 3.00 bits per heavy atom. The van der Waals surface area contributed by atoms with Crippen LogP contribution in [-0.2, 0) is 0 Å². The van der Waals surface area contributed by atoms with Gasteiger partial charge in [0.05, 0.1) is 5.60 Å². The van der Waals surface area contributed by atoms with Gasteiger partial charge < -0.3 is 19.7 Å². The number of anilines is 1. The largest absolute Gasteiger partial charge is 0.448 e. The highest BCUT2D eigenvalue weighted by Crippen LogP contribution is 2.24. The Kier molecular flexibility index (Phi) is 4.48. The van der Waals surface area contributed by atoms with Crippen molar-refractivity contribution < 1.29 is 14.3 Å². The van der Waals surface area contributed by atoms with Crippen LogP contribution in [-0.4, -0.2) is 51.2 Å². The third-order valence-electron chi connectivity index (χ3n) is 4.10. The molecule has 2 aromatic rings. The van der Waals surface area contributed by atoms with Crippen molar-refractivity contribution in [3.63, 3.8) is 0 Å². The zero-order valence-corrected chi connectivity index (χ0v) is 13.8. The Hall–Kier alpha value is -2.48. The van der Waals surface area contributed by atoms with Crippen molar-refractivity contribution in [3.8, 4) is 0 Å². The smallest absolute Gasteiger partial charge is 0.273 e. The third kappa shape index (κ3) is 3.70. The molecule has 2 aromatic heterocycles. The molecule has 3 rings (SSSR count). The summed E-state index contributed by atoms with van der Waals surface area (Å²) < 4.78 is 5.03. The summed E-state index contributed by atoms with van der Waals surface area (Å²) in [5.74, 6) is 0.871. The molecule has 1 atom stereocenters. The fraction of sp³-hybridized carbons (Fsp3) is 0.500. The molecule has 0 bridgehead atoms. The Morgan fingerprint density at radius 1 is 1.46 bits per heavy atom. The molecule has 24 heavy (non-hydrogen) atoms. The van der Waals surface area contributed by atoms with Crippen molar-refractivity contribution in [2.24, 2.45) is 0 Å². The van der Waals surface area contributed by atoms with Crippen LogP contribution in [0.3, 0.4) is 0 Å². The molecule has 2 N–H and O–H groups in total. The normalized spacial score (nSPS) is 20.9. The zero-order valence-electron chi connectivity index (χ0n) is 13.8. The number of aryl methyl sites for hydroxylation is 2. The van der Waals surface area contributed by atoms with Gasteiger partial charge in [0, 0.05) is 38.3 Å². The van der Waals surface area contributed by atoms with Gasteiger partial charge in [-0.25, -0.2) is 15.0 Å². The van der Waals surface area contributed by atoms with Crippen LogP contribution >= 0.6 is 0 Å². The van der Waals surface area contributed by atoms with Crippen molar-refractivity contribution in [1.29, 1.82) is 0 Å². The highest BCUT2D eigenvalue weighted by atomic mass is 16.3. The van der Waals surface area contributed by atoms with Gasteiger partial charge >= 0.3 is 0 Å². The molecule has 0 spiro atoms. The highest BCUT2D eigenvalue weighted by Gasteiger charge is 2.34. The average molecular weight is 331 g/mol. The number of carbonyl (C=O) groups excluding carboxylic acids is 1. The van der Waals surface area contributed by atoms with Crippen LogP contribution < -0.4 is 10.2 Å². The van der Waals surface area contributed by atoms with E-state index in [1.54, 1.807) is 6.92 Å². The van der Waals surface area contributed by atoms with E-state index in [0.717, 1.165) is 24.5 Å². The number of amides is 1. The fourth-order valence-corrected chi connectivity index (χ4v) is 2.87. The molecule has 0 aliphatic carbocycles. The second kappa shape index (κ2) is 6.56. The minimum atomic E-state index is -1.01. The SMILES string of the molecule is Cc1cc(N2CCC[C@](O)(CNC(=O)c3coc(C)n3)C2)ncn1. The van der Waals surface area contributed by atoms with Gasteiger partial charge in [-0.05, 0) is 19.8 Å². The summed E-state index contributed by atoms with van der Waals surface area (Å²) in [6.07, 6.45) is 4.27. The van der Waals surface area contributed by atoms with E-state index in [0.29, 0.717) is 18.9 Å². The van der Waals surface area contributed by atoms with Gasteiger partial charge in [-0.3, -0.25) is 4.79 Å². The lowest BCUT2D eigenvalue weighted by atomic mass is 9.92. The van der Waals surface area contributed by atoms with Crippen LogP contribution in [0.5, 0.6) is 0 Å². The first-order chi connectivity index (χ1) is 11.5. The molecule has 0 aromatic carbocycles. The van der Waals surface area contributed by atoms with E-state index in [-0.39, 0.29) is 18.1 Å². The lowest BCUT2D eigenvalue weighted by Crippen LogP contribution is -2.54. The molecule has 128 valence electrons. The van der Waals surface area contributed by atoms with Gasteiger partial charge in [-0.1, -0.05) is 0 Å². The number of β-amino-alcohol motifs (C(OH)–C–C–N with tert-alkyl or cyclic N) is 1. The summed E-state index contributed by atoms with van der Waals surface area (Å²) in [6, 6.07) is 1.89. The fourth-order valence-electron chi connectivity index (χ4n) is 2.87. The van der Waals surface area contributed by atoms with Gasteiger partial charge in [-0.15, -0.1) is 0 Å². The molecular weight excluding hydrogens is 310 g/mol. The van der Waals surface area contributed by atoms with E-state index < -0.39 is 5.60 Å². The van der Waals surface area contributed by atoms with E-state index in [4.69, 9.17) is 4.42 Å². The molecule has 0 radical (unpaired) electrons. The first-order valence-corrected chi connectivity index (χ1v) is 7.91. The number of hydrogen-bond donors (Lipinski definition) is 2. The predicted octanol–water partition coefficient (Wildman–Crippen LogP) is 0.843. The van der Waals surface area contributed by atoms with Crippen molar-refractivity contribution in [2.75, 3.05) is 24.5 Å². The first kappa shape index (κ1) is 16.4. The summed E-state index contributed by atoms with van der Waals surface area (Å²) >= 11 is 0. The number of carbonyl (C=O) groups is 1. The second-order valence-electron chi connectivity index (χ2n) is 6.20. The van der Waals surface area contributed by atoms with E-state index in [2.05, 4.69) is 20.3 Å². The van der Waals surface area contributed by atoms with Crippen molar-refractivity contribution >= 4 is 11.7 Å². The predicted molar refractivity (Wildman–Crippen MR) is 86.7 cm³/mol. The van der Waals surface area contributed by atoms with Gasteiger partial charge in [-0.2, -0.15) is 0 Å². The summed E-state index contributed by atoms with van der Waals surface area (Å²) in [5.41, 5.74) is 0.0879. The lowest BCUT2D eigenvalue weighted by molar-refractivity contribution is 0.0253. The standard InChI is InChI=1S/C16H21N5O3/c1-11-6-14(19-10-18-11)21-5-3-4-16(23,9-21)8-17-15(22)13-7-24-12(2)20-13/h6-7,10,23H,3-5,8-9H2,1-2H3,(H,17,22)/t16-/m0/s1. The van der Waals surface area contributed by atoms with Crippen LogP contribution in [0.4, 0.5) is 5.82 Å². The number of hydrogen-bond acceptors (Lipinski definition) is 7. The number of rotatable bonds is 4. The van der Waals surface area contributed by atoms with Crippen LogP contribution in [0.1, 0.15) is 34.9 Å². The van der Waals surface area contributed by atoms with Crippen LogP contribution in [0.2, 0.25) is 0 Å². The number of aliphatic hydroxyl groups is 1. The molecule has 1 fully saturated rings. The topological polar surface area (TPSA) is 104 Å². The molecule has 0 saturated carbocycles. The average Bonchev–Trinajstić information content (AvgIpc) is 2.99. The molecule has 1 aliphatic rings. The molecular formula is C16H21N5O3. The number of nitrogens with zero attached hydrogens (tertiary/aromatic N) is 4. The summed E-state index contributed by atoms with van der Waals surface area (Å²) in [4.78, 5) is 26.4. The van der Waals surface area contributed by atoms with Gasteiger partial charge in [0.25, 0.3) is 5.91 Å². The third-order valence-corrected chi connectivity index (χ3v) is 4.10. The van der Waals surface area contributed by atoms with Crippen LogP contribution in [0.15, 0.2) is 23.1 Å². The monoisotopic (exact) mass is 331 g/mol. The first-order valence-electron chi connectivity index (χ1n) is 7.91. The number of nitrogens with one attached hydrogen (secondary N) is 1. The van der Waals surface area contributed by atoms with Crippen molar-refractivity contribution in [1.82, 2.24) is 20.3 Å². The second-order valence-corrected chi connectivity index (χ2v) is 6.20. The maximum Gasteiger partial charge on any atom is 0.273 e. The quantitative estimate of drug-likeness (QED) is 0.855.